The highest BCUT2D eigenvalue weighted by atomic mass is 16.5. The molecule has 0 fully saturated rings. The Bertz CT molecular complexity index is 1800. The Morgan fingerprint density at radius 3 is 2.49 bits per heavy atom. The number of anilines is 1. The molecular formula is C38H30N2O. The fourth-order valence-electron chi connectivity index (χ4n) is 7.34. The summed E-state index contributed by atoms with van der Waals surface area (Å²) in [6.45, 7) is 2.33. The standard InChI is InChI=1S/C38H30N2O/c1-24-10-9-16-34-37(24)30-14-5-7-15-33(30)40(34)38-28(23-39)20-27(25-11-3-2-4-12-25)22-31(38)26-18-19-36-32(21-26)29-13-6-8-17-35(29)41-36/h2-9,11-22,24,29-30,33,35H,10H2,1H3. The molecule has 0 aromatic heterocycles. The van der Waals surface area contributed by atoms with E-state index in [1.807, 2.05) is 6.07 Å². The SMILES string of the molecule is CC1CC=CC2=C1C1C=CC=CC1N2c1c(C#N)cc(-c2ccccc2)cc1-c1ccc2c(c1)C1C=CC=CC1O2. The van der Waals surface area contributed by atoms with Crippen molar-refractivity contribution in [2.45, 2.75) is 31.4 Å². The van der Waals surface area contributed by atoms with Crippen LogP contribution >= 0.6 is 0 Å². The number of hydrogen-bond acceptors (Lipinski definition) is 3. The van der Waals surface area contributed by atoms with Crippen LogP contribution < -0.4 is 9.64 Å². The van der Waals surface area contributed by atoms with Crippen LogP contribution in [0.15, 0.2) is 133 Å². The van der Waals surface area contributed by atoms with Crippen LogP contribution in [0.3, 0.4) is 0 Å². The molecule has 0 amide bonds. The number of fused-ring (bicyclic) bond motifs is 5. The predicted molar refractivity (Wildman–Crippen MR) is 165 cm³/mol. The van der Waals surface area contributed by atoms with E-state index in [9.17, 15) is 5.26 Å². The van der Waals surface area contributed by atoms with Crippen LogP contribution in [-0.4, -0.2) is 12.1 Å². The smallest absolute Gasteiger partial charge is 0.128 e. The number of rotatable bonds is 3. The van der Waals surface area contributed by atoms with Crippen molar-refractivity contribution in [1.29, 1.82) is 5.26 Å². The predicted octanol–water partition coefficient (Wildman–Crippen LogP) is 8.64. The van der Waals surface area contributed by atoms with E-state index in [4.69, 9.17) is 4.74 Å². The van der Waals surface area contributed by atoms with E-state index in [0.29, 0.717) is 17.4 Å². The summed E-state index contributed by atoms with van der Waals surface area (Å²) in [5, 5.41) is 10.7. The summed E-state index contributed by atoms with van der Waals surface area (Å²) in [4.78, 5) is 2.45. The molecule has 41 heavy (non-hydrogen) atoms. The van der Waals surface area contributed by atoms with E-state index in [0.717, 1.165) is 40.1 Å². The molecule has 3 aliphatic carbocycles. The molecule has 0 radical (unpaired) electrons. The van der Waals surface area contributed by atoms with E-state index in [2.05, 4.69) is 133 Å². The molecule has 8 rings (SSSR count). The van der Waals surface area contributed by atoms with Gasteiger partial charge in [-0.3, -0.25) is 0 Å². The summed E-state index contributed by atoms with van der Waals surface area (Å²) in [6.07, 6.45) is 23.2. The van der Waals surface area contributed by atoms with Gasteiger partial charge in [0.05, 0.1) is 17.3 Å². The molecule has 3 aromatic rings. The van der Waals surface area contributed by atoms with Crippen LogP contribution in [-0.2, 0) is 0 Å². The normalized spacial score (nSPS) is 26.3. The topological polar surface area (TPSA) is 36.3 Å². The third-order valence-electron chi connectivity index (χ3n) is 9.22. The van der Waals surface area contributed by atoms with E-state index in [1.54, 1.807) is 0 Å². The fourth-order valence-corrected chi connectivity index (χ4v) is 7.34. The molecule has 0 saturated heterocycles. The second-order valence-corrected chi connectivity index (χ2v) is 11.6. The molecule has 5 atom stereocenters. The molecule has 3 nitrogen and oxygen atoms in total. The van der Waals surface area contributed by atoms with Gasteiger partial charge in [-0.2, -0.15) is 5.26 Å². The Kier molecular flexibility index (Phi) is 5.50. The maximum atomic E-state index is 10.7. The van der Waals surface area contributed by atoms with Gasteiger partial charge in [-0.1, -0.05) is 91.9 Å². The van der Waals surface area contributed by atoms with Crippen LogP contribution in [0.5, 0.6) is 5.75 Å². The largest absolute Gasteiger partial charge is 0.485 e. The van der Waals surface area contributed by atoms with Gasteiger partial charge in [-0.25, -0.2) is 0 Å². The minimum Gasteiger partial charge on any atom is -0.485 e. The number of nitrogens with zero attached hydrogens (tertiary/aromatic N) is 2. The third-order valence-corrected chi connectivity index (χ3v) is 9.22. The Morgan fingerprint density at radius 1 is 0.829 bits per heavy atom. The summed E-state index contributed by atoms with van der Waals surface area (Å²) >= 11 is 0. The third kappa shape index (κ3) is 3.71. The monoisotopic (exact) mass is 530 g/mol. The lowest BCUT2D eigenvalue weighted by Crippen LogP contribution is -2.33. The fraction of sp³-hybridized carbons (Fsp3) is 0.184. The molecule has 0 spiro atoms. The first-order valence-corrected chi connectivity index (χ1v) is 14.6. The Hall–Kier alpha value is -4.81. The lowest BCUT2D eigenvalue weighted by molar-refractivity contribution is 0.269. The summed E-state index contributed by atoms with van der Waals surface area (Å²) in [6, 6.07) is 24.0. The van der Waals surface area contributed by atoms with Crippen molar-refractivity contribution in [2.24, 2.45) is 11.8 Å². The molecule has 2 aliphatic heterocycles. The highest BCUT2D eigenvalue weighted by molar-refractivity contribution is 5.91. The highest BCUT2D eigenvalue weighted by Crippen LogP contribution is 2.51. The van der Waals surface area contributed by atoms with E-state index in [1.165, 1.54) is 16.8 Å². The summed E-state index contributed by atoms with van der Waals surface area (Å²) in [5.74, 6) is 1.90. The van der Waals surface area contributed by atoms with Gasteiger partial charge in [-0.05, 0) is 71.0 Å². The van der Waals surface area contributed by atoms with Crippen molar-refractivity contribution in [3.63, 3.8) is 0 Å². The number of ether oxygens (including phenoxy) is 1. The number of nitriles is 1. The quantitative estimate of drug-likeness (QED) is 0.340. The minimum absolute atomic E-state index is 0.0372. The second-order valence-electron chi connectivity index (χ2n) is 11.6. The van der Waals surface area contributed by atoms with Crippen LogP contribution in [0, 0.1) is 23.2 Å². The van der Waals surface area contributed by atoms with Gasteiger partial charge in [0.15, 0.2) is 0 Å². The molecular weight excluding hydrogens is 500 g/mol. The number of benzene rings is 3. The van der Waals surface area contributed by atoms with Gasteiger partial charge in [-0.15, -0.1) is 0 Å². The summed E-state index contributed by atoms with van der Waals surface area (Å²) in [7, 11) is 0. The second kappa shape index (κ2) is 9.39. The van der Waals surface area contributed by atoms with Crippen LogP contribution in [0.25, 0.3) is 22.3 Å². The van der Waals surface area contributed by atoms with E-state index >= 15 is 0 Å². The van der Waals surface area contributed by atoms with Gasteiger partial charge in [0, 0.05) is 28.7 Å². The van der Waals surface area contributed by atoms with E-state index in [-0.39, 0.29) is 18.1 Å². The van der Waals surface area contributed by atoms with Crippen LogP contribution in [0.2, 0.25) is 0 Å². The molecule has 0 saturated carbocycles. The molecule has 5 aliphatic rings. The lowest BCUT2D eigenvalue weighted by atomic mass is 9.81. The zero-order valence-corrected chi connectivity index (χ0v) is 22.9. The average molecular weight is 531 g/mol. The molecule has 0 bridgehead atoms. The maximum Gasteiger partial charge on any atom is 0.128 e. The van der Waals surface area contributed by atoms with Crippen LogP contribution in [0.1, 0.15) is 30.4 Å². The minimum atomic E-state index is 0.0372. The highest BCUT2D eigenvalue weighted by Gasteiger charge is 2.43. The van der Waals surface area contributed by atoms with Crippen molar-refractivity contribution >= 4 is 5.69 Å². The molecule has 3 aromatic carbocycles. The molecule has 3 heteroatoms. The zero-order valence-electron chi connectivity index (χ0n) is 22.9. The van der Waals surface area contributed by atoms with Gasteiger partial charge in [0.25, 0.3) is 0 Å². The van der Waals surface area contributed by atoms with Gasteiger partial charge in [0.2, 0.25) is 0 Å². The molecule has 5 unspecified atom stereocenters. The van der Waals surface area contributed by atoms with Crippen molar-refractivity contribution in [2.75, 3.05) is 4.90 Å². The first kappa shape index (κ1) is 24.0. The summed E-state index contributed by atoms with van der Waals surface area (Å²) < 4.78 is 6.29. The first-order valence-electron chi connectivity index (χ1n) is 14.6. The first-order chi connectivity index (χ1) is 20.2. The zero-order chi connectivity index (χ0) is 27.5. The van der Waals surface area contributed by atoms with E-state index < -0.39 is 0 Å². The van der Waals surface area contributed by atoms with Gasteiger partial charge in [0.1, 0.15) is 17.9 Å². The van der Waals surface area contributed by atoms with Gasteiger partial charge >= 0.3 is 0 Å². The molecule has 2 heterocycles. The van der Waals surface area contributed by atoms with Crippen molar-refractivity contribution < 1.29 is 4.74 Å². The summed E-state index contributed by atoms with van der Waals surface area (Å²) in [5.41, 5.74) is 9.93. The van der Waals surface area contributed by atoms with Crippen LogP contribution in [0.4, 0.5) is 5.69 Å². The Balaban J connectivity index is 1.38. The van der Waals surface area contributed by atoms with Crippen molar-refractivity contribution in [1.82, 2.24) is 0 Å². The molecule has 0 N–H and O–H groups in total. The van der Waals surface area contributed by atoms with Crippen molar-refractivity contribution in [3.8, 4) is 34.1 Å². The Morgan fingerprint density at radius 2 is 1.63 bits per heavy atom. The van der Waals surface area contributed by atoms with Gasteiger partial charge < -0.3 is 9.64 Å². The maximum absolute atomic E-state index is 10.7. The number of allylic oxidation sites excluding steroid dienone is 6. The Labute approximate surface area is 241 Å². The van der Waals surface area contributed by atoms with Crippen molar-refractivity contribution in [3.05, 3.63) is 144 Å². The number of hydrogen-bond donors (Lipinski definition) is 0. The lowest BCUT2D eigenvalue weighted by Gasteiger charge is -2.33. The average Bonchev–Trinajstić information content (AvgIpc) is 3.57. The molecule has 198 valence electrons.